The Bertz CT molecular complexity index is 1000. The molecule has 2 aromatic rings. The summed E-state index contributed by atoms with van der Waals surface area (Å²) in [6.07, 6.45) is 5.23. The molecule has 0 saturated carbocycles. The van der Waals surface area contributed by atoms with E-state index in [1.54, 1.807) is 13.2 Å². The summed E-state index contributed by atoms with van der Waals surface area (Å²) in [7, 11) is 1.60. The Hall–Kier alpha value is -2.77. The van der Waals surface area contributed by atoms with Crippen LogP contribution >= 0.6 is 24.0 Å². The molecular weight excluding hydrogens is 442 g/mol. The van der Waals surface area contributed by atoms with Gasteiger partial charge in [-0.3, -0.25) is 9.69 Å². The highest BCUT2D eigenvalue weighted by Gasteiger charge is 2.30. The first-order valence-electron chi connectivity index (χ1n) is 10.4. The Kier molecular flexibility index (Phi) is 8.76. The lowest BCUT2D eigenvalue weighted by Gasteiger charge is -2.12. The Morgan fingerprint density at radius 3 is 2.53 bits per heavy atom. The van der Waals surface area contributed by atoms with Gasteiger partial charge in [-0.2, -0.15) is 0 Å². The average Bonchev–Trinajstić information content (AvgIpc) is 3.07. The number of rotatable bonds is 11. The first-order valence-corrected chi connectivity index (χ1v) is 11.7. The topological polar surface area (TPSA) is 48.0 Å². The summed E-state index contributed by atoms with van der Waals surface area (Å²) in [5.41, 5.74) is 2.13. The summed E-state index contributed by atoms with van der Waals surface area (Å²) in [4.78, 5) is 14.6. The van der Waals surface area contributed by atoms with Crippen LogP contribution in [0.3, 0.4) is 0 Å². The van der Waals surface area contributed by atoms with E-state index in [1.807, 2.05) is 36.4 Å². The van der Waals surface area contributed by atoms with Crippen molar-refractivity contribution in [2.75, 3.05) is 26.9 Å². The lowest BCUT2D eigenvalue weighted by Crippen LogP contribution is -2.27. The van der Waals surface area contributed by atoms with Gasteiger partial charge in [0.15, 0.2) is 11.5 Å². The van der Waals surface area contributed by atoms with Crippen molar-refractivity contribution in [3.8, 4) is 17.2 Å². The second kappa shape index (κ2) is 11.7. The molecule has 0 bridgehead atoms. The fraction of sp³-hybridized carbons (Fsp3) is 0.280. The molecule has 0 aromatic heterocycles. The SMILES string of the molecule is C=CCN1C(=O)/C(=C\c2ccc(OCCCOc3ccc(CC)cc3)c(OC)c2)SC1=S. The van der Waals surface area contributed by atoms with E-state index >= 15 is 0 Å². The Balaban J connectivity index is 1.54. The number of carbonyl (C=O) groups excluding carboxylic acids is 1. The molecule has 168 valence electrons. The van der Waals surface area contributed by atoms with E-state index in [0.717, 1.165) is 24.2 Å². The van der Waals surface area contributed by atoms with Crippen LogP contribution in [-0.2, 0) is 11.2 Å². The van der Waals surface area contributed by atoms with Gasteiger partial charge >= 0.3 is 0 Å². The molecule has 1 aliphatic rings. The van der Waals surface area contributed by atoms with Crippen molar-refractivity contribution in [2.45, 2.75) is 19.8 Å². The zero-order chi connectivity index (χ0) is 22.9. The number of amides is 1. The number of hydrogen-bond donors (Lipinski definition) is 0. The van der Waals surface area contributed by atoms with Crippen molar-refractivity contribution < 1.29 is 19.0 Å². The van der Waals surface area contributed by atoms with Crippen molar-refractivity contribution in [3.63, 3.8) is 0 Å². The number of carbonyl (C=O) groups is 1. The van der Waals surface area contributed by atoms with Gasteiger partial charge in [0.05, 0.1) is 25.2 Å². The van der Waals surface area contributed by atoms with Crippen LogP contribution in [-0.4, -0.2) is 42.0 Å². The Morgan fingerprint density at radius 1 is 1.09 bits per heavy atom. The van der Waals surface area contributed by atoms with Gasteiger partial charge in [0.25, 0.3) is 5.91 Å². The Labute approximate surface area is 199 Å². The largest absolute Gasteiger partial charge is 0.493 e. The average molecular weight is 470 g/mol. The molecular formula is C25H27NO4S2. The highest BCUT2D eigenvalue weighted by molar-refractivity contribution is 8.26. The Morgan fingerprint density at radius 2 is 1.84 bits per heavy atom. The predicted octanol–water partition coefficient (Wildman–Crippen LogP) is 5.49. The standard InChI is InChI=1S/C25H27NO4S2/c1-4-13-26-24(27)23(32-25(26)31)17-19-9-12-21(22(16-19)28-3)30-15-6-14-29-20-10-7-18(5-2)8-11-20/h4,7-12,16-17H,1,5-6,13-15H2,2-3H3/b23-17+. The smallest absolute Gasteiger partial charge is 0.266 e. The maximum Gasteiger partial charge on any atom is 0.266 e. The second-order valence-corrected chi connectivity index (χ2v) is 8.72. The summed E-state index contributed by atoms with van der Waals surface area (Å²) in [6.45, 7) is 7.28. The number of nitrogens with zero attached hydrogens (tertiary/aromatic N) is 1. The maximum atomic E-state index is 12.5. The molecule has 1 heterocycles. The van der Waals surface area contributed by atoms with E-state index in [2.05, 4.69) is 25.6 Å². The van der Waals surface area contributed by atoms with E-state index in [0.29, 0.717) is 40.5 Å². The molecule has 0 radical (unpaired) electrons. The van der Waals surface area contributed by atoms with Crippen LogP contribution in [0.25, 0.3) is 6.08 Å². The molecule has 32 heavy (non-hydrogen) atoms. The van der Waals surface area contributed by atoms with Crippen molar-refractivity contribution in [2.24, 2.45) is 0 Å². The molecule has 1 aliphatic heterocycles. The van der Waals surface area contributed by atoms with Gasteiger partial charge in [0, 0.05) is 13.0 Å². The van der Waals surface area contributed by atoms with Crippen molar-refractivity contribution in [3.05, 3.63) is 71.2 Å². The third-order valence-corrected chi connectivity index (χ3v) is 6.20. The number of aryl methyl sites for hydroxylation is 1. The van der Waals surface area contributed by atoms with Gasteiger partial charge in [-0.1, -0.05) is 55.2 Å². The monoisotopic (exact) mass is 469 g/mol. The van der Waals surface area contributed by atoms with Gasteiger partial charge in [0.1, 0.15) is 10.1 Å². The lowest BCUT2D eigenvalue weighted by molar-refractivity contribution is -0.121. The fourth-order valence-electron chi connectivity index (χ4n) is 3.08. The minimum atomic E-state index is -0.108. The molecule has 0 spiro atoms. The molecule has 0 unspecified atom stereocenters. The van der Waals surface area contributed by atoms with E-state index in [1.165, 1.54) is 22.2 Å². The molecule has 0 atom stereocenters. The van der Waals surface area contributed by atoms with Crippen LogP contribution in [0.1, 0.15) is 24.5 Å². The van der Waals surface area contributed by atoms with Crippen molar-refractivity contribution in [1.29, 1.82) is 0 Å². The van der Waals surface area contributed by atoms with Crippen LogP contribution in [0.2, 0.25) is 0 Å². The third-order valence-electron chi connectivity index (χ3n) is 4.82. The summed E-state index contributed by atoms with van der Waals surface area (Å²) >= 11 is 6.57. The number of benzene rings is 2. The normalized spacial score (nSPS) is 14.7. The first-order chi connectivity index (χ1) is 15.5. The molecule has 2 aromatic carbocycles. The van der Waals surface area contributed by atoms with Gasteiger partial charge < -0.3 is 14.2 Å². The number of thiocarbonyl (C=S) groups is 1. The van der Waals surface area contributed by atoms with Gasteiger partial charge in [-0.25, -0.2) is 0 Å². The number of hydrogen-bond acceptors (Lipinski definition) is 6. The molecule has 1 fully saturated rings. The maximum absolute atomic E-state index is 12.5. The van der Waals surface area contributed by atoms with Crippen LogP contribution in [0.15, 0.2) is 60.0 Å². The van der Waals surface area contributed by atoms with Gasteiger partial charge in [-0.15, -0.1) is 6.58 Å². The number of thioether (sulfide) groups is 1. The minimum absolute atomic E-state index is 0.108. The van der Waals surface area contributed by atoms with Gasteiger partial charge in [-0.05, 0) is 47.9 Å². The minimum Gasteiger partial charge on any atom is -0.493 e. The summed E-state index contributed by atoms with van der Waals surface area (Å²) in [5.74, 6) is 2.01. The molecule has 3 rings (SSSR count). The predicted molar refractivity (Wildman–Crippen MR) is 134 cm³/mol. The van der Waals surface area contributed by atoms with E-state index in [-0.39, 0.29) is 5.91 Å². The second-order valence-electron chi connectivity index (χ2n) is 7.04. The molecule has 1 amide bonds. The molecule has 0 aliphatic carbocycles. The third kappa shape index (κ3) is 6.14. The molecule has 0 N–H and O–H groups in total. The van der Waals surface area contributed by atoms with Gasteiger partial charge in [0.2, 0.25) is 0 Å². The van der Waals surface area contributed by atoms with E-state index in [4.69, 9.17) is 26.4 Å². The number of methoxy groups -OCH3 is 1. The lowest BCUT2D eigenvalue weighted by atomic mass is 10.2. The zero-order valence-electron chi connectivity index (χ0n) is 18.3. The van der Waals surface area contributed by atoms with Crippen molar-refractivity contribution >= 4 is 40.3 Å². The van der Waals surface area contributed by atoms with Crippen molar-refractivity contribution in [1.82, 2.24) is 4.90 Å². The zero-order valence-corrected chi connectivity index (χ0v) is 20.0. The molecule has 1 saturated heterocycles. The quantitative estimate of drug-likeness (QED) is 0.188. The fourth-order valence-corrected chi connectivity index (χ4v) is 4.36. The number of ether oxygens (including phenoxy) is 3. The summed E-state index contributed by atoms with van der Waals surface area (Å²) in [5, 5.41) is 0. The van der Waals surface area contributed by atoms with E-state index < -0.39 is 0 Å². The summed E-state index contributed by atoms with van der Waals surface area (Å²) in [6, 6.07) is 13.7. The van der Waals surface area contributed by atoms with Crippen LogP contribution in [0.5, 0.6) is 17.2 Å². The summed E-state index contributed by atoms with van der Waals surface area (Å²) < 4.78 is 17.7. The van der Waals surface area contributed by atoms with Crippen LogP contribution < -0.4 is 14.2 Å². The molecule has 5 nitrogen and oxygen atoms in total. The highest BCUT2D eigenvalue weighted by atomic mass is 32.2. The van der Waals surface area contributed by atoms with Crippen LogP contribution in [0, 0.1) is 0 Å². The van der Waals surface area contributed by atoms with E-state index in [9.17, 15) is 4.79 Å². The molecule has 7 heteroatoms. The highest BCUT2D eigenvalue weighted by Crippen LogP contribution is 2.34. The first kappa shape index (κ1) is 23.9. The van der Waals surface area contributed by atoms with Crippen LogP contribution in [0.4, 0.5) is 0 Å².